The van der Waals surface area contributed by atoms with Gasteiger partial charge in [0.1, 0.15) is 0 Å². The lowest BCUT2D eigenvalue weighted by Crippen LogP contribution is -2.48. The van der Waals surface area contributed by atoms with E-state index < -0.39 is 10.0 Å². The molecule has 1 aliphatic heterocycles. The maximum Gasteiger partial charge on any atom is 0.210 e. The summed E-state index contributed by atoms with van der Waals surface area (Å²) in [6.45, 7) is 5.99. The largest absolute Gasteiger partial charge is 0.345 e. The Morgan fingerprint density at radius 2 is 2.00 bits per heavy atom. The number of aryl methyl sites for hydroxylation is 1. The Labute approximate surface area is 134 Å². The van der Waals surface area contributed by atoms with Crippen LogP contribution in [0.2, 0.25) is 0 Å². The zero-order valence-corrected chi connectivity index (χ0v) is 14.2. The summed E-state index contributed by atoms with van der Waals surface area (Å²) >= 11 is 1.72. The molecule has 2 aromatic rings. The molecule has 0 aliphatic carbocycles. The zero-order chi connectivity index (χ0) is 15.7. The molecule has 1 saturated heterocycles. The molecule has 8 heteroatoms. The van der Waals surface area contributed by atoms with Crippen LogP contribution < -0.4 is 10.0 Å². The fourth-order valence-electron chi connectivity index (χ4n) is 2.63. The van der Waals surface area contributed by atoms with Crippen LogP contribution in [0.5, 0.6) is 0 Å². The topological polar surface area (TPSA) is 79.5 Å². The Balaban J connectivity index is 1.64. The molecule has 0 radical (unpaired) electrons. The van der Waals surface area contributed by atoms with E-state index in [0.29, 0.717) is 6.54 Å². The fourth-order valence-corrected chi connectivity index (χ4v) is 4.24. The molecule has 0 amide bonds. The summed E-state index contributed by atoms with van der Waals surface area (Å²) in [4.78, 5) is 9.17. The van der Waals surface area contributed by atoms with Crippen LogP contribution in [-0.4, -0.2) is 56.8 Å². The number of thiazole rings is 1. The number of primary sulfonamides is 1. The number of fused-ring (bicyclic) bond motifs is 1. The van der Waals surface area contributed by atoms with Crippen LogP contribution in [0.4, 0.5) is 5.13 Å². The van der Waals surface area contributed by atoms with Crippen LogP contribution in [0, 0.1) is 6.92 Å². The van der Waals surface area contributed by atoms with Crippen molar-refractivity contribution in [2.45, 2.75) is 6.92 Å². The summed E-state index contributed by atoms with van der Waals surface area (Å²) in [5.41, 5.74) is 2.28. The zero-order valence-electron chi connectivity index (χ0n) is 12.5. The normalized spacial score (nSPS) is 17.3. The van der Waals surface area contributed by atoms with Gasteiger partial charge in [0.2, 0.25) is 10.0 Å². The molecular weight excluding hydrogens is 320 g/mol. The number of hydrogen-bond donors (Lipinski definition) is 1. The Morgan fingerprint density at radius 3 is 2.64 bits per heavy atom. The van der Waals surface area contributed by atoms with Gasteiger partial charge in [-0.1, -0.05) is 23.5 Å². The molecule has 0 atom stereocenters. The maximum absolute atomic E-state index is 11.0. The highest BCUT2D eigenvalue weighted by Gasteiger charge is 2.20. The van der Waals surface area contributed by atoms with Crippen molar-refractivity contribution < 1.29 is 8.42 Å². The Kier molecular flexibility index (Phi) is 4.35. The van der Waals surface area contributed by atoms with Crippen molar-refractivity contribution in [3.63, 3.8) is 0 Å². The molecule has 22 heavy (non-hydrogen) atoms. The van der Waals surface area contributed by atoms with Gasteiger partial charge >= 0.3 is 0 Å². The second kappa shape index (κ2) is 6.11. The molecule has 1 aromatic heterocycles. The number of aromatic nitrogens is 1. The lowest BCUT2D eigenvalue weighted by atomic mass is 10.2. The minimum Gasteiger partial charge on any atom is -0.345 e. The third-order valence-electron chi connectivity index (χ3n) is 3.94. The third kappa shape index (κ3) is 3.57. The highest BCUT2D eigenvalue weighted by atomic mass is 32.2. The number of nitrogens with zero attached hydrogens (tertiary/aromatic N) is 3. The predicted molar refractivity (Wildman–Crippen MR) is 91.0 cm³/mol. The van der Waals surface area contributed by atoms with Gasteiger partial charge in [0, 0.05) is 32.7 Å². The number of piperazine rings is 1. The Bertz CT molecular complexity index is 764. The maximum atomic E-state index is 11.0. The van der Waals surface area contributed by atoms with Gasteiger partial charge < -0.3 is 4.90 Å². The van der Waals surface area contributed by atoms with Crippen molar-refractivity contribution in [1.82, 2.24) is 9.88 Å². The number of hydrogen-bond acceptors (Lipinski definition) is 6. The lowest BCUT2D eigenvalue weighted by molar-refractivity contribution is 0.272. The number of para-hydroxylation sites is 1. The van der Waals surface area contributed by atoms with E-state index in [1.807, 2.05) is 0 Å². The summed E-state index contributed by atoms with van der Waals surface area (Å²) in [7, 11) is -3.38. The molecule has 2 heterocycles. The van der Waals surface area contributed by atoms with Gasteiger partial charge in [-0.05, 0) is 18.6 Å². The molecule has 3 rings (SSSR count). The van der Waals surface area contributed by atoms with Crippen LogP contribution >= 0.6 is 11.3 Å². The van der Waals surface area contributed by atoms with Crippen molar-refractivity contribution in [2.24, 2.45) is 5.14 Å². The number of rotatable bonds is 4. The number of benzene rings is 1. The van der Waals surface area contributed by atoms with Crippen LogP contribution in [0.1, 0.15) is 5.56 Å². The minimum atomic E-state index is -3.38. The number of anilines is 1. The molecule has 0 bridgehead atoms. The molecule has 1 aromatic carbocycles. The van der Waals surface area contributed by atoms with Gasteiger partial charge in [-0.15, -0.1) is 0 Å². The van der Waals surface area contributed by atoms with Gasteiger partial charge in [-0.25, -0.2) is 18.5 Å². The van der Waals surface area contributed by atoms with Crippen molar-refractivity contribution in [3.8, 4) is 0 Å². The van der Waals surface area contributed by atoms with E-state index in [2.05, 4.69) is 34.9 Å². The Morgan fingerprint density at radius 1 is 1.27 bits per heavy atom. The summed E-state index contributed by atoms with van der Waals surface area (Å²) in [5.74, 6) is 0.0212. The molecule has 120 valence electrons. The number of nitrogens with two attached hydrogens (primary N) is 1. The standard InChI is InChI=1S/C14H20N4O2S2/c1-11-3-2-4-12-13(11)16-14(21-12)18-7-5-17(6-8-18)9-10-22(15,19)20/h2-4H,5-10H2,1H3,(H2,15,19,20). The molecule has 0 unspecified atom stereocenters. The second-order valence-corrected chi connectivity index (χ2v) is 8.36. The predicted octanol–water partition coefficient (Wildman–Crippen LogP) is 1.02. The van der Waals surface area contributed by atoms with E-state index >= 15 is 0 Å². The summed E-state index contributed by atoms with van der Waals surface area (Å²) < 4.78 is 23.3. The minimum absolute atomic E-state index is 0.0212. The van der Waals surface area contributed by atoms with Gasteiger partial charge in [0.15, 0.2) is 5.13 Å². The SMILES string of the molecule is Cc1cccc2sc(N3CCN(CCS(N)(=O)=O)CC3)nc12. The van der Waals surface area contributed by atoms with Gasteiger partial charge in [0.25, 0.3) is 0 Å². The van der Waals surface area contributed by atoms with E-state index in [4.69, 9.17) is 10.1 Å². The first-order valence-electron chi connectivity index (χ1n) is 7.26. The van der Waals surface area contributed by atoms with Crippen molar-refractivity contribution >= 4 is 36.7 Å². The number of sulfonamides is 1. The first kappa shape index (κ1) is 15.7. The molecular formula is C14H20N4O2S2. The van der Waals surface area contributed by atoms with E-state index in [-0.39, 0.29) is 5.75 Å². The molecule has 1 fully saturated rings. The van der Waals surface area contributed by atoms with Crippen LogP contribution in [0.3, 0.4) is 0 Å². The highest BCUT2D eigenvalue weighted by Crippen LogP contribution is 2.30. The Hall–Kier alpha value is -1.22. The van der Waals surface area contributed by atoms with Gasteiger partial charge in [-0.3, -0.25) is 4.90 Å². The second-order valence-electron chi connectivity index (χ2n) is 5.61. The third-order valence-corrected chi connectivity index (χ3v) is 5.78. The molecule has 0 saturated carbocycles. The molecule has 6 nitrogen and oxygen atoms in total. The van der Waals surface area contributed by atoms with Crippen molar-refractivity contribution in [3.05, 3.63) is 23.8 Å². The fraction of sp³-hybridized carbons (Fsp3) is 0.500. The molecule has 1 aliphatic rings. The molecule has 2 N–H and O–H groups in total. The van der Waals surface area contributed by atoms with E-state index in [1.165, 1.54) is 10.3 Å². The van der Waals surface area contributed by atoms with E-state index in [0.717, 1.165) is 36.8 Å². The molecule has 0 spiro atoms. The smallest absolute Gasteiger partial charge is 0.210 e. The monoisotopic (exact) mass is 340 g/mol. The summed E-state index contributed by atoms with van der Waals surface area (Å²) in [5, 5.41) is 6.11. The summed E-state index contributed by atoms with van der Waals surface area (Å²) in [6.07, 6.45) is 0. The highest BCUT2D eigenvalue weighted by molar-refractivity contribution is 7.89. The van der Waals surface area contributed by atoms with Gasteiger partial charge in [-0.2, -0.15) is 0 Å². The van der Waals surface area contributed by atoms with E-state index in [1.54, 1.807) is 11.3 Å². The van der Waals surface area contributed by atoms with Gasteiger partial charge in [0.05, 0.1) is 16.0 Å². The quantitative estimate of drug-likeness (QED) is 0.899. The first-order chi connectivity index (χ1) is 10.4. The van der Waals surface area contributed by atoms with Crippen molar-refractivity contribution in [2.75, 3.05) is 43.4 Å². The average molecular weight is 340 g/mol. The van der Waals surface area contributed by atoms with Crippen molar-refractivity contribution in [1.29, 1.82) is 0 Å². The average Bonchev–Trinajstić information content (AvgIpc) is 2.90. The lowest BCUT2D eigenvalue weighted by Gasteiger charge is -2.34. The summed E-state index contributed by atoms with van der Waals surface area (Å²) in [6, 6.07) is 6.24. The first-order valence-corrected chi connectivity index (χ1v) is 9.79. The van der Waals surface area contributed by atoms with E-state index in [9.17, 15) is 8.42 Å². The van der Waals surface area contributed by atoms with Crippen LogP contribution in [-0.2, 0) is 10.0 Å². The van der Waals surface area contributed by atoms with Crippen LogP contribution in [0.15, 0.2) is 18.2 Å². The van der Waals surface area contributed by atoms with Crippen LogP contribution in [0.25, 0.3) is 10.2 Å².